The topological polar surface area (TPSA) is 85.4 Å². The fraction of sp³-hybridized carbons (Fsp3) is 0.880. The van der Waals surface area contributed by atoms with Crippen LogP contribution in [0.3, 0.4) is 0 Å². The molecule has 2 amide bonds. The molecular weight excluding hydrogens is 455 g/mol. The van der Waals surface area contributed by atoms with Crippen molar-refractivity contribution in [3.63, 3.8) is 0 Å². The maximum atomic E-state index is 11.8. The second-order valence-corrected chi connectivity index (χ2v) is 11.2. The summed E-state index contributed by atoms with van der Waals surface area (Å²) in [6, 6.07) is 0.767. The Morgan fingerprint density at radius 3 is 1.76 bits per heavy atom. The van der Waals surface area contributed by atoms with Gasteiger partial charge < -0.3 is 13.9 Å². The van der Waals surface area contributed by atoms with Crippen molar-refractivity contribution in [2.45, 2.75) is 137 Å². The Morgan fingerprint density at radius 1 is 0.824 bits per heavy atom. The summed E-state index contributed by atoms with van der Waals surface area (Å²) in [5, 5.41) is 0.622. The SMILES string of the molecule is CC(C)OP(OCCCCCCCCCCCC(=O)ON1C(=O)CCC1=O)N(C(C)C)C(C)C. The summed E-state index contributed by atoms with van der Waals surface area (Å²) in [6.45, 7) is 13.6. The summed E-state index contributed by atoms with van der Waals surface area (Å²) < 4.78 is 14.6. The van der Waals surface area contributed by atoms with Crippen LogP contribution in [0.15, 0.2) is 0 Å². The molecule has 0 aliphatic carbocycles. The van der Waals surface area contributed by atoms with Crippen molar-refractivity contribution < 1.29 is 28.3 Å². The van der Waals surface area contributed by atoms with E-state index in [0.717, 1.165) is 45.1 Å². The van der Waals surface area contributed by atoms with Gasteiger partial charge in [0, 0.05) is 31.3 Å². The summed E-state index contributed by atoms with van der Waals surface area (Å²) in [5.74, 6) is -1.36. The van der Waals surface area contributed by atoms with E-state index in [4.69, 9.17) is 13.9 Å². The average molecular weight is 503 g/mol. The highest BCUT2D eigenvalue weighted by atomic mass is 31.2. The first kappa shape index (κ1) is 31.0. The van der Waals surface area contributed by atoms with Crippen LogP contribution in [0.4, 0.5) is 0 Å². The van der Waals surface area contributed by atoms with Gasteiger partial charge in [0.2, 0.25) is 0 Å². The molecule has 0 aromatic rings. The van der Waals surface area contributed by atoms with E-state index in [1.165, 1.54) is 19.3 Å². The highest BCUT2D eigenvalue weighted by molar-refractivity contribution is 7.44. The smallest absolute Gasteiger partial charge is 0.330 e. The fourth-order valence-corrected chi connectivity index (χ4v) is 5.57. The second kappa shape index (κ2) is 17.4. The van der Waals surface area contributed by atoms with Crippen LogP contribution in [0, 0.1) is 0 Å². The molecule has 1 atom stereocenters. The molecule has 0 saturated carbocycles. The lowest BCUT2D eigenvalue weighted by atomic mass is 10.1. The molecule has 1 aliphatic heterocycles. The molecule has 0 N–H and O–H groups in total. The molecule has 1 saturated heterocycles. The Bertz CT molecular complexity index is 590. The summed E-state index contributed by atoms with van der Waals surface area (Å²) in [7, 11) is -1.03. The first-order valence-corrected chi connectivity index (χ1v) is 14.2. The number of nitrogens with zero attached hydrogens (tertiary/aromatic N) is 2. The first-order valence-electron chi connectivity index (χ1n) is 13.1. The van der Waals surface area contributed by atoms with Crippen molar-refractivity contribution in [1.29, 1.82) is 0 Å². The van der Waals surface area contributed by atoms with Crippen molar-refractivity contribution in [3.8, 4) is 0 Å². The number of unbranched alkanes of at least 4 members (excludes halogenated alkanes) is 8. The number of amides is 2. The van der Waals surface area contributed by atoms with Crippen LogP contribution >= 0.6 is 8.53 Å². The van der Waals surface area contributed by atoms with Crippen molar-refractivity contribution >= 4 is 26.3 Å². The molecule has 1 unspecified atom stereocenters. The van der Waals surface area contributed by atoms with Crippen LogP contribution in [-0.4, -0.2) is 52.3 Å². The minimum absolute atomic E-state index is 0.127. The average Bonchev–Trinajstić information content (AvgIpc) is 3.05. The van der Waals surface area contributed by atoms with Gasteiger partial charge in [-0.25, -0.2) is 9.46 Å². The molecule has 1 heterocycles. The summed E-state index contributed by atoms with van der Waals surface area (Å²) >= 11 is 0. The van der Waals surface area contributed by atoms with Crippen molar-refractivity contribution in [1.82, 2.24) is 9.73 Å². The predicted octanol–water partition coefficient (Wildman–Crippen LogP) is 6.28. The van der Waals surface area contributed by atoms with Crippen LogP contribution in [-0.2, 0) is 28.3 Å². The number of hydroxylamine groups is 2. The Labute approximate surface area is 208 Å². The molecule has 34 heavy (non-hydrogen) atoms. The quantitative estimate of drug-likeness (QED) is 0.117. The molecule has 1 aliphatic rings. The normalized spacial score (nSPS) is 15.4. The molecule has 1 fully saturated rings. The van der Waals surface area contributed by atoms with Gasteiger partial charge in [-0.3, -0.25) is 9.59 Å². The third-order valence-corrected chi connectivity index (χ3v) is 7.78. The third kappa shape index (κ3) is 12.6. The fourth-order valence-electron chi connectivity index (χ4n) is 3.86. The minimum Gasteiger partial charge on any atom is -0.330 e. The van der Waals surface area contributed by atoms with Crippen LogP contribution in [0.1, 0.15) is 119 Å². The Kier molecular flexibility index (Phi) is 15.8. The molecule has 0 aromatic heterocycles. The maximum Gasteiger partial charge on any atom is 0.333 e. The highest BCUT2D eigenvalue weighted by Crippen LogP contribution is 2.47. The maximum absolute atomic E-state index is 11.8. The Hall–Kier alpha value is -1.08. The van der Waals surface area contributed by atoms with Crippen LogP contribution < -0.4 is 0 Å². The zero-order valence-corrected chi connectivity index (χ0v) is 23.1. The number of hydrogen-bond donors (Lipinski definition) is 0. The lowest BCUT2D eigenvalue weighted by Gasteiger charge is -2.36. The van der Waals surface area contributed by atoms with E-state index >= 15 is 0 Å². The number of carbonyl (C=O) groups is 3. The molecule has 9 heteroatoms. The van der Waals surface area contributed by atoms with Crippen molar-refractivity contribution in [2.24, 2.45) is 0 Å². The summed E-state index contributed by atoms with van der Waals surface area (Å²) in [4.78, 5) is 39.5. The van der Waals surface area contributed by atoms with Gasteiger partial charge in [-0.2, -0.15) is 0 Å². The largest absolute Gasteiger partial charge is 0.333 e. The van der Waals surface area contributed by atoms with Gasteiger partial charge in [-0.1, -0.05) is 44.9 Å². The van der Waals surface area contributed by atoms with Gasteiger partial charge in [-0.05, 0) is 54.4 Å². The van der Waals surface area contributed by atoms with E-state index < -0.39 is 26.3 Å². The summed E-state index contributed by atoms with van der Waals surface area (Å²) in [5.41, 5.74) is 0. The number of carbonyl (C=O) groups excluding carboxylic acids is 3. The predicted molar refractivity (Wildman–Crippen MR) is 135 cm³/mol. The van der Waals surface area contributed by atoms with E-state index in [0.29, 0.717) is 17.1 Å². The van der Waals surface area contributed by atoms with Gasteiger partial charge in [0.15, 0.2) is 0 Å². The number of hydrogen-bond acceptors (Lipinski definition) is 7. The first-order chi connectivity index (χ1) is 16.1. The Balaban J connectivity index is 2.03. The standard InChI is InChI=1S/C25H47N2O6P/c1-20(2)27(21(3)4)34(33-22(5)6)31-19-15-13-11-9-7-8-10-12-14-16-25(30)32-26-23(28)17-18-24(26)29/h20-22H,7-19H2,1-6H3. The van der Waals surface area contributed by atoms with E-state index in [1.54, 1.807) is 0 Å². The van der Waals surface area contributed by atoms with E-state index in [1.807, 2.05) is 0 Å². The highest BCUT2D eigenvalue weighted by Gasteiger charge is 2.32. The molecule has 1 rings (SSSR count). The third-order valence-electron chi connectivity index (χ3n) is 5.47. The van der Waals surface area contributed by atoms with Gasteiger partial charge in [-0.15, -0.1) is 5.06 Å². The van der Waals surface area contributed by atoms with Gasteiger partial charge in [0.1, 0.15) is 0 Å². The van der Waals surface area contributed by atoms with Gasteiger partial charge in [0.05, 0.1) is 12.7 Å². The number of imide groups is 1. The molecular formula is C25H47N2O6P. The molecule has 0 spiro atoms. The zero-order valence-electron chi connectivity index (χ0n) is 22.2. The van der Waals surface area contributed by atoms with Crippen molar-refractivity contribution in [3.05, 3.63) is 0 Å². The van der Waals surface area contributed by atoms with E-state index in [9.17, 15) is 14.4 Å². The van der Waals surface area contributed by atoms with E-state index in [-0.39, 0.29) is 25.4 Å². The minimum atomic E-state index is -1.03. The van der Waals surface area contributed by atoms with Crippen molar-refractivity contribution in [2.75, 3.05) is 6.61 Å². The Morgan fingerprint density at radius 2 is 1.29 bits per heavy atom. The number of rotatable bonds is 19. The lowest BCUT2D eigenvalue weighted by Crippen LogP contribution is -2.34. The lowest BCUT2D eigenvalue weighted by molar-refractivity contribution is -0.197. The van der Waals surface area contributed by atoms with E-state index in [2.05, 4.69) is 46.2 Å². The molecule has 0 radical (unpaired) electrons. The molecule has 198 valence electrons. The van der Waals surface area contributed by atoms with Crippen LogP contribution in [0.2, 0.25) is 0 Å². The zero-order chi connectivity index (χ0) is 25.5. The summed E-state index contributed by atoms with van der Waals surface area (Å²) in [6.07, 6.45) is 10.4. The molecule has 0 bridgehead atoms. The monoisotopic (exact) mass is 502 g/mol. The van der Waals surface area contributed by atoms with Gasteiger partial charge in [0.25, 0.3) is 20.3 Å². The van der Waals surface area contributed by atoms with Crippen LogP contribution in [0.5, 0.6) is 0 Å². The van der Waals surface area contributed by atoms with Gasteiger partial charge >= 0.3 is 5.97 Å². The second-order valence-electron chi connectivity index (χ2n) is 9.77. The molecule has 8 nitrogen and oxygen atoms in total. The molecule has 0 aromatic carbocycles. The van der Waals surface area contributed by atoms with Crippen LogP contribution in [0.25, 0.3) is 0 Å².